The second kappa shape index (κ2) is 10.1. The van der Waals surface area contributed by atoms with Gasteiger partial charge in [-0.1, -0.05) is 32.0 Å². The molecule has 0 saturated carbocycles. The van der Waals surface area contributed by atoms with E-state index in [4.69, 9.17) is 0 Å². The zero-order chi connectivity index (χ0) is 25.1. The van der Waals surface area contributed by atoms with Crippen LogP contribution in [0.4, 0.5) is 17.1 Å². The summed E-state index contributed by atoms with van der Waals surface area (Å²) in [5, 5.41) is 13.1. The fraction of sp³-hybridized carbons (Fsp3) is 0.192. The summed E-state index contributed by atoms with van der Waals surface area (Å²) >= 11 is 1.30. The molecular formula is C26H23N3O5S. The molecule has 9 heteroatoms. The number of rotatable bonds is 7. The predicted molar refractivity (Wildman–Crippen MR) is 135 cm³/mol. The predicted octanol–water partition coefficient (Wildman–Crippen LogP) is 5.39. The zero-order valence-electron chi connectivity index (χ0n) is 19.1. The molecule has 1 atom stereocenters. The third-order valence-corrected chi connectivity index (χ3v) is 6.83. The second-order valence-corrected chi connectivity index (χ2v) is 9.69. The number of thioether (sulfide) groups is 1. The molecule has 1 aliphatic heterocycles. The average molecular weight is 490 g/mol. The number of benzene rings is 3. The summed E-state index contributed by atoms with van der Waals surface area (Å²) in [6, 6.07) is 19.8. The van der Waals surface area contributed by atoms with Gasteiger partial charge in [0.1, 0.15) is 0 Å². The Balaban J connectivity index is 1.40. The Bertz CT molecular complexity index is 1290. The van der Waals surface area contributed by atoms with E-state index in [9.17, 15) is 24.5 Å². The lowest BCUT2D eigenvalue weighted by atomic mass is 10.0. The molecule has 0 radical (unpaired) electrons. The number of nitro groups is 1. The van der Waals surface area contributed by atoms with Gasteiger partial charge in [0.05, 0.1) is 15.9 Å². The summed E-state index contributed by atoms with van der Waals surface area (Å²) in [5.41, 5.74) is 2.23. The van der Waals surface area contributed by atoms with Crippen molar-refractivity contribution in [3.05, 3.63) is 94.0 Å². The maximum atomic E-state index is 13.0. The van der Waals surface area contributed by atoms with Crippen LogP contribution in [0.3, 0.4) is 0 Å². The number of amides is 3. The minimum atomic E-state index is -0.556. The van der Waals surface area contributed by atoms with Gasteiger partial charge in [-0.3, -0.25) is 24.5 Å². The van der Waals surface area contributed by atoms with Crippen molar-refractivity contribution in [2.75, 3.05) is 10.2 Å². The summed E-state index contributed by atoms with van der Waals surface area (Å²) in [5.74, 6) is -0.591. The highest BCUT2D eigenvalue weighted by atomic mass is 32.2. The third-order valence-electron chi connectivity index (χ3n) is 5.63. The number of nitrogens with one attached hydrogen (secondary N) is 1. The summed E-state index contributed by atoms with van der Waals surface area (Å²) in [7, 11) is 0. The van der Waals surface area contributed by atoms with Crippen molar-refractivity contribution < 1.29 is 19.3 Å². The van der Waals surface area contributed by atoms with Gasteiger partial charge in [0.25, 0.3) is 11.6 Å². The van der Waals surface area contributed by atoms with Crippen LogP contribution in [0.5, 0.6) is 0 Å². The van der Waals surface area contributed by atoms with Crippen molar-refractivity contribution in [3.8, 4) is 0 Å². The molecule has 1 fully saturated rings. The van der Waals surface area contributed by atoms with E-state index in [2.05, 4.69) is 19.2 Å². The molecule has 4 rings (SSSR count). The van der Waals surface area contributed by atoms with E-state index >= 15 is 0 Å². The van der Waals surface area contributed by atoms with Gasteiger partial charge < -0.3 is 5.32 Å². The smallest absolute Gasteiger partial charge is 0.270 e. The fourth-order valence-electron chi connectivity index (χ4n) is 3.72. The van der Waals surface area contributed by atoms with Gasteiger partial charge in [-0.25, -0.2) is 4.90 Å². The van der Waals surface area contributed by atoms with Crippen molar-refractivity contribution in [1.29, 1.82) is 0 Å². The molecule has 35 heavy (non-hydrogen) atoms. The highest BCUT2D eigenvalue weighted by Crippen LogP contribution is 2.35. The Morgan fingerprint density at radius 2 is 1.74 bits per heavy atom. The van der Waals surface area contributed by atoms with Crippen LogP contribution in [-0.2, 0) is 9.59 Å². The SMILES string of the molecule is CC(C)c1ccc(N2C(=O)CC(Sc3ccc(NC(=O)c4cccc([N+](=O)[O-])c4)cc3)C2=O)cc1. The molecule has 1 saturated heterocycles. The van der Waals surface area contributed by atoms with Gasteiger partial charge >= 0.3 is 0 Å². The Hall–Kier alpha value is -3.98. The van der Waals surface area contributed by atoms with Gasteiger partial charge in [0.15, 0.2) is 0 Å². The lowest BCUT2D eigenvalue weighted by Crippen LogP contribution is -2.31. The molecule has 178 valence electrons. The largest absolute Gasteiger partial charge is 0.322 e. The Labute approximate surface area is 206 Å². The Morgan fingerprint density at radius 3 is 2.37 bits per heavy atom. The minimum absolute atomic E-state index is 0.112. The molecule has 1 N–H and O–H groups in total. The first kappa shape index (κ1) is 24.2. The zero-order valence-corrected chi connectivity index (χ0v) is 20.0. The quantitative estimate of drug-likeness (QED) is 0.271. The molecule has 3 amide bonds. The molecule has 0 aromatic heterocycles. The summed E-state index contributed by atoms with van der Waals surface area (Å²) in [6.45, 7) is 4.16. The normalized spacial score (nSPS) is 15.5. The number of carbonyl (C=O) groups excluding carboxylic acids is 3. The highest BCUT2D eigenvalue weighted by molar-refractivity contribution is 8.00. The highest BCUT2D eigenvalue weighted by Gasteiger charge is 2.40. The lowest BCUT2D eigenvalue weighted by Gasteiger charge is -2.16. The standard InChI is InChI=1S/C26H23N3O5S/c1-16(2)17-6-10-20(11-7-17)28-24(30)15-23(26(28)32)35-22-12-8-19(9-13-22)27-25(31)18-4-3-5-21(14-18)29(33)34/h3-14,16,23H,15H2,1-2H3,(H,27,31). The fourth-order valence-corrected chi connectivity index (χ4v) is 4.77. The van der Waals surface area contributed by atoms with Crippen LogP contribution < -0.4 is 10.2 Å². The van der Waals surface area contributed by atoms with E-state index in [1.165, 1.54) is 40.9 Å². The molecule has 0 bridgehead atoms. The molecule has 8 nitrogen and oxygen atoms in total. The van der Waals surface area contributed by atoms with Crippen molar-refractivity contribution in [3.63, 3.8) is 0 Å². The number of anilines is 2. The molecular weight excluding hydrogens is 466 g/mol. The van der Waals surface area contributed by atoms with E-state index in [0.717, 1.165) is 10.5 Å². The van der Waals surface area contributed by atoms with Crippen LogP contribution in [0.15, 0.2) is 77.7 Å². The topological polar surface area (TPSA) is 110 Å². The van der Waals surface area contributed by atoms with E-state index in [1.807, 2.05) is 12.1 Å². The number of carbonyl (C=O) groups is 3. The van der Waals surface area contributed by atoms with Gasteiger partial charge in [0.2, 0.25) is 11.8 Å². The number of imide groups is 1. The number of hydrogen-bond donors (Lipinski definition) is 1. The van der Waals surface area contributed by atoms with Crippen LogP contribution in [0.1, 0.15) is 42.1 Å². The third kappa shape index (κ3) is 5.41. The first-order chi connectivity index (χ1) is 16.7. The summed E-state index contributed by atoms with van der Waals surface area (Å²) in [6.07, 6.45) is 0.112. The van der Waals surface area contributed by atoms with Crippen molar-refractivity contribution in [1.82, 2.24) is 0 Å². The maximum absolute atomic E-state index is 13.0. The number of non-ortho nitro benzene ring substituents is 1. The second-order valence-electron chi connectivity index (χ2n) is 8.41. The van der Waals surface area contributed by atoms with E-state index in [0.29, 0.717) is 17.3 Å². The van der Waals surface area contributed by atoms with E-state index in [1.54, 1.807) is 36.4 Å². The Kier molecular flexibility index (Phi) is 6.97. The van der Waals surface area contributed by atoms with Crippen molar-refractivity contribution >= 4 is 46.5 Å². The van der Waals surface area contributed by atoms with Crippen LogP contribution in [0, 0.1) is 10.1 Å². The first-order valence-corrected chi connectivity index (χ1v) is 11.9. The van der Waals surface area contributed by atoms with Crippen molar-refractivity contribution in [2.24, 2.45) is 0 Å². The molecule has 0 aliphatic carbocycles. The molecule has 3 aromatic rings. The summed E-state index contributed by atoms with van der Waals surface area (Å²) < 4.78 is 0. The van der Waals surface area contributed by atoms with E-state index < -0.39 is 16.1 Å². The molecule has 3 aromatic carbocycles. The molecule has 1 unspecified atom stereocenters. The van der Waals surface area contributed by atoms with Gasteiger partial charge in [-0.2, -0.15) is 0 Å². The van der Waals surface area contributed by atoms with Gasteiger partial charge in [-0.05, 0) is 53.9 Å². The molecule has 1 aliphatic rings. The van der Waals surface area contributed by atoms with E-state index in [-0.39, 0.29) is 29.5 Å². The maximum Gasteiger partial charge on any atom is 0.270 e. The lowest BCUT2D eigenvalue weighted by molar-refractivity contribution is -0.384. The van der Waals surface area contributed by atoms with Crippen molar-refractivity contribution in [2.45, 2.75) is 36.3 Å². The van der Waals surface area contributed by atoms with Crippen LogP contribution in [0.2, 0.25) is 0 Å². The number of hydrogen-bond acceptors (Lipinski definition) is 6. The molecule has 0 spiro atoms. The number of nitro benzene ring substituents is 1. The Morgan fingerprint density at radius 1 is 1.06 bits per heavy atom. The van der Waals surface area contributed by atoms with Crippen LogP contribution in [-0.4, -0.2) is 27.9 Å². The molecule has 1 heterocycles. The van der Waals surface area contributed by atoms with Crippen LogP contribution in [0.25, 0.3) is 0 Å². The summed E-state index contributed by atoms with van der Waals surface area (Å²) in [4.78, 5) is 50.4. The monoisotopic (exact) mass is 489 g/mol. The van der Waals surface area contributed by atoms with Gasteiger partial charge in [-0.15, -0.1) is 11.8 Å². The van der Waals surface area contributed by atoms with Gasteiger partial charge in [0, 0.05) is 34.7 Å². The van der Waals surface area contributed by atoms with Crippen LogP contribution >= 0.6 is 11.8 Å². The number of nitrogens with zero attached hydrogens (tertiary/aromatic N) is 2. The first-order valence-electron chi connectivity index (χ1n) is 11.0. The minimum Gasteiger partial charge on any atom is -0.322 e. The average Bonchev–Trinajstić information content (AvgIpc) is 3.12.